The number of benzene rings is 1. The molecule has 0 unspecified atom stereocenters. The van der Waals surface area contributed by atoms with E-state index in [2.05, 4.69) is 4.90 Å². The fourth-order valence-corrected chi connectivity index (χ4v) is 2.20. The molecule has 0 aromatic heterocycles. The molecule has 1 amide bonds. The lowest BCUT2D eigenvalue weighted by molar-refractivity contribution is -0.129. The minimum Gasteiger partial charge on any atom is -0.368 e. The van der Waals surface area contributed by atoms with Crippen LogP contribution in [0.2, 0.25) is 5.02 Å². The summed E-state index contributed by atoms with van der Waals surface area (Å²) in [4.78, 5) is 15.5. The molecule has 0 bridgehead atoms. The quantitative estimate of drug-likeness (QED) is 0.895. The van der Waals surface area contributed by atoms with Crippen LogP contribution >= 0.6 is 24.0 Å². The van der Waals surface area contributed by atoms with Gasteiger partial charge in [0, 0.05) is 36.9 Å². The highest BCUT2D eigenvalue weighted by atomic mass is 35.5. The van der Waals surface area contributed by atoms with Crippen molar-refractivity contribution in [3.8, 4) is 0 Å². The molecule has 1 aromatic carbocycles. The molecule has 1 aliphatic rings. The molecule has 0 atom stereocenters. The Morgan fingerprint density at radius 1 is 1.28 bits per heavy atom. The monoisotopic (exact) mass is 289 g/mol. The van der Waals surface area contributed by atoms with E-state index in [4.69, 9.17) is 17.3 Å². The van der Waals surface area contributed by atoms with Gasteiger partial charge in [-0.15, -0.1) is 12.4 Å². The zero-order valence-corrected chi connectivity index (χ0v) is 11.6. The van der Waals surface area contributed by atoms with Crippen LogP contribution < -0.4 is 10.6 Å². The first-order valence-corrected chi connectivity index (χ1v) is 6.07. The van der Waals surface area contributed by atoms with E-state index in [1.165, 1.54) is 0 Å². The highest BCUT2D eigenvalue weighted by molar-refractivity contribution is 6.30. The summed E-state index contributed by atoms with van der Waals surface area (Å²) < 4.78 is 0. The Morgan fingerprint density at radius 3 is 2.50 bits per heavy atom. The van der Waals surface area contributed by atoms with E-state index < -0.39 is 0 Å². The van der Waals surface area contributed by atoms with Crippen LogP contribution in [0.15, 0.2) is 24.3 Å². The van der Waals surface area contributed by atoms with Crippen LogP contribution in [0.5, 0.6) is 0 Å². The van der Waals surface area contributed by atoms with Gasteiger partial charge in [-0.1, -0.05) is 17.7 Å². The van der Waals surface area contributed by atoms with Crippen molar-refractivity contribution in [1.82, 2.24) is 4.90 Å². The molecule has 2 N–H and O–H groups in total. The lowest BCUT2D eigenvalue weighted by Crippen LogP contribution is -2.50. The van der Waals surface area contributed by atoms with Gasteiger partial charge in [0.05, 0.1) is 6.54 Å². The Balaban J connectivity index is 0.00000162. The molecule has 100 valence electrons. The van der Waals surface area contributed by atoms with Gasteiger partial charge in [-0.3, -0.25) is 4.79 Å². The average Bonchev–Trinajstić information content (AvgIpc) is 2.38. The summed E-state index contributed by atoms with van der Waals surface area (Å²) in [5.74, 6) is 0.0238. The van der Waals surface area contributed by atoms with E-state index in [1.54, 1.807) is 4.90 Å². The molecule has 1 aliphatic heterocycles. The van der Waals surface area contributed by atoms with Crippen LogP contribution in [0.4, 0.5) is 5.69 Å². The van der Waals surface area contributed by atoms with E-state index in [9.17, 15) is 4.79 Å². The highest BCUT2D eigenvalue weighted by Gasteiger charge is 2.20. The Labute approximate surface area is 118 Å². The second kappa shape index (κ2) is 6.83. The normalized spacial score (nSPS) is 15.2. The number of hydrogen-bond acceptors (Lipinski definition) is 3. The molecule has 6 heteroatoms. The molecule has 1 fully saturated rings. The van der Waals surface area contributed by atoms with E-state index in [-0.39, 0.29) is 24.9 Å². The van der Waals surface area contributed by atoms with Crippen LogP contribution in [0.3, 0.4) is 0 Å². The Kier molecular flexibility index (Phi) is 5.72. The summed E-state index contributed by atoms with van der Waals surface area (Å²) in [5, 5.41) is 0.739. The number of hydrogen-bond donors (Lipinski definition) is 1. The predicted molar refractivity (Wildman–Crippen MR) is 76.5 cm³/mol. The van der Waals surface area contributed by atoms with Crippen molar-refractivity contribution >= 4 is 35.6 Å². The van der Waals surface area contributed by atoms with Crippen molar-refractivity contribution in [3.05, 3.63) is 29.3 Å². The summed E-state index contributed by atoms with van der Waals surface area (Å²) in [7, 11) is 0. The molecule has 2 rings (SSSR count). The molecule has 1 aromatic rings. The van der Waals surface area contributed by atoms with Gasteiger partial charge in [-0.25, -0.2) is 0 Å². The molecule has 0 aliphatic carbocycles. The smallest absolute Gasteiger partial charge is 0.236 e. The van der Waals surface area contributed by atoms with Crippen molar-refractivity contribution in [2.24, 2.45) is 5.73 Å². The van der Waals surface area contributed by atoms with Crippen molar-refractivity contribution in [2.75, 3.05) is 37.6 Å². The van der Waals surface area contributed by atoms with E-state index in [0.717, 1.165) is 36.9 Å². The fraction of sp³-hybridized carbons (Fsp3) is 0.417. The van der Waals surface area contributed by atoms with Crippen LogP contribution in [0.25, 0.3) is 0 Å². The number of carbonyl (C=O) groups is 1. The van der Waals surface area contributed by atoms with Crippen LogP contribution in [-0.4, -0.2) is 43.5 Å². The van der Waals surface area contributed by atoms with Gasteiger partial charge in [-0.05, 0) is 18.2 Å². The van der Waals surface area contributed by atoms with E-state index >= 15 is 0 Å². The van der Waals surface area contributed by atoms with Gasteiger partial charge in [0.2, 0.25) is 5.91 Å². The van der Waals surface area contributed by atoms with Crippen LogP contribution in [0, 0.1) is 0 Å². The number of carbonyl (C=O) groups excluding carboxylic acids is 1. The van der Waals surface area contributed by atoms with Crippen molar-refractivity contribution in [3.63, 3.8) is 0 Å². The summed E-state index contributed by atoms with van der Waals surface area (Å²) in [5.41, 5.74) is 6.45. The minimum absolute atomic E-state index is 0. The van der Waals surface area contributed by atoms with Crippen LogP contribution in [-0.2, 0) is 4.79 Å². The number of halogens is 2. The Bertz CT molecular complexity index is 406. The topological polar surface area (TPSA) is 49.6 Å². The fourth-order valence-electron chi connectivity index (χ4n) is 2.02. The number of piperazine rings is 1. The first-order valence-electron chi connectivity index (χ1n) is 5.69. The van der Waals surface area contributed by atoms with Gasteiger partial charge >= 0.3 is 0 Å². The van der Waals surface area contributed by atoms with E-state index in [0.29, 0.717) is 0 Å². The van der Waals surface area contributed by atoms with Gasteiger partial charge < -0.3 is 15.5 Å². The third-order valence-electron chi connectivity index (χ3n) is 2.98. The first-order chi connectivity index (χ1) is 8.20. The Hall–Kier alpha value is -0.970. The molecule has 18 heavy (non-hydrogen) atoms. The molecule has 4 nitrogen and oxygen atoms in total. The van der Waals surface area contributed by atoms with E-state index in [1.807, 2.05) is 24.3 Å². The highest BCUT2D eigenvalue weighted by Crippen LogP contribution is 2.20. The maximum atomic E-state index is 11.4. The maximum absolute atomic E-state index is 11.4. The summed E-state index contributed by atoms with van der Waals surface area (Å²) in [6, 6.07) is 7.78. The zero-order valence-electron chi connectivity index (χ0n) is 10.0. The molecule has 0 saturated carbocycles. The predicted octanol–water partition coefficient (Wildman–Crippen LogP) is 1.37. The van der Waals surface area contributed by atoms with Crippen molar-refractivity contribution in [2.45, 2.75) is 0 Å². The number of nitrogens with two attached hydrogens (primary N) is 1. The lowest BCUT2D eigenvalue weighted by atomic mass is 10.2. The number of anilines is 1. The van der Waals surface area contributed by atoms with Crippen molar-refractivity contribution < 1.29 is 4.79 Å². The third-order valence-corrected chi connectivity index (χ3v) is 3.22. The molecule has 1 saturated heterocycles. The summed E-state index contributed by atoms with van der Waals surface area (Å²) >= 11 is 5.96. The second-order valence-electron chi connectivity index (χ2n) is 4.05. The molecular weight excluding hydrogens is 273 g/mol. The van der Waals surface area contributed by atoms with Gasteiger partial charge in [0.1, 0.15) is 0 Å². The van der Waals surface area contributed by atoms with Crippen LogP contribution in [0.1, 0.15) is 0 Å². The summed E-state index contributed by atoms with van der Waals surface area (Å²) in [6.45, 7) is 3.19. The second-order valence-corrected chi connectivity index (χ2v) is 4.49. The molecule has 0 spiro atoms. The molecule has 1 heterocycles. The number of rotatable bonds is 2. The van der Waals surface area contributed by atoms with Gasteiger partial charge in [0.25, 0.3) is 0 Å². The third kappa shape index (κ3) is 3.51. The number of amides is 1. The Morgan fingerprint density at radius 2 is 1.94 bits per heavy atom. The van der Waals surface area contributed by atoms with Crippen molar-refractivity contribution in [1.29, 1.82) is 0 Å². The lowest BCUT2D eigenvalue weighted by Gasteiger charge is -2.36. The van der Waals surface area contributed by atoms with Gasteiger partial charge in [0.15, 0.2) is 0 Å². The number of nitrogens with zero attached hydrogens (tertiary/aromatic N) is 2. The maximum Gasteiger partial charge on any atom is 0.236 e. The van der Waals surface area contributed by atoms with Gasteiger partial charge in [-0.2, -0.15) is 0 Å². The first kappa shape index (κ1) is 15.1. The molecule has 0 radical (unpaired) electrons. The zero-order chi connectivity index (χ0) is 12.3. The minimum atomic E-state index is 0. The summed E-state index contributed by atoms with van der Waals surface area (Å²) in [6.07, 6.45) is 0. The average molecular weight is 290 g/mol. The standard InChI is InChI=1S/C12H16ClN3O.ClH/c13-10-2-1-3-11(8-10)15-4-6-16(7-5-15)12(17)9-14;/h1-3,8H,4-7,9,14H2;1H. The molecular formula is C12H17Cl2N3O. The SMILES string of the molecule is Cl.NCC(=O)N1CCN(c2cccc(Cl)c2)CC1. The largest absolute Gasteiger partial charge is 0.368 e.